The molecule has 0 radical (unpaired) electrons. The van der Waals surface area contributed by atoms with Crippen LogP contribution in [0.1, 0.15) is 6.42 Å². The van der Waals surface area contributed by atoms with Crippen LogP contribution in [0.25, 0.3) is 0 Å². The molecular formula is C6H8F3NO2. The first-order valence-corrected chi connectivity index (χ1v) is 3.44. The Bertz CT molecular complexity index is 192. The van der Waals surface area contributed by atoms with E-state index in [-0.39, 0.29) is 13.0 Å². The molecule has 0 aromatic carbocycles. The van der Waals surface area contributed by atoms with E-state index >= 15 is 0 Å². The summed E-state index contributed by atoms with van der Waals surface area (Å²) in [7, 11) is 0. The topological polar surface area (TPSA) is 49.3 Å². The highest BCUT2D eigenvalue weighted by molar-refractivity contribution is 5.73. The van der Waals surface area contributed by atoms with Crippen molar-refractivity contribution >= 4 is 5.97 Å². The smallest absolute Gasteiger partial charge is 0.393 e. The van der Waals surface area contributed by atoms with Crippen LogP contribution in [0, 0.1) is 5.92 Å². The van der Waals surface area contributed by atoms with Gasteiger partial charge in [-0.1, -0.05) is 0 Å². The summed E-state index contributed by atoms with van der Waals surface area (Å²) in [5.41, 5.74) is 0. The average Bonchev–Trinajstić information content (AvgIpc) is 2.30. The van der Waals surface area contributed by atoms with E-state index in [0.717, 1.165) is 0 Å². The van der Waals surface area contributed by atoms with Crippen LogP contribution in [0.3, 0.4) is 0 Å². The zero-order chi connectivity index (χ0) is 9.35. The standard InChI is InChI=1S/C6H8F3NO2/c7-6(8,9)3-1-4(5(11)12)10-2-3/h3-4,10H,1-2H2,(H,11,12)/t3-,4+/m0/s1. The van der Waals surface area contributed by atoms with Crippen LogP contribution >= 0.6 is 0 Å². The Labute approximate surface area is 66.6 Å². The third-order valence-corrected chi connectivity index (χ3v) is 1.89. The number of hydrogen-bond donors (Lipinski definition) is 2. The summed E-state index contributed by atoms with van der Waals surface area (Å²) in [4.78, 5) is 10.2. The number of carboxylic acid groups (broad SMARTS) is 1. The molecule has 1 rings (SSSR count). The van der Waals surface area contributed by atoms with Crippen molar-refractivity contribution in [3.05, 3.63) is 0 Å². The first kappa shape index (κ1) is 9.31. The number of alkyl halides is 3. The predicted octanol–water partition coefficient (Wildman–Crippen LogP) is 0.611. The molecule has 0 spiro atoms. The summed E-state index contributed by atoms with van der Waals surface area (Å²) in [6, 6.07) is -1.04. The zero-order valence-corrected chi connectivity index (χ0v) is 6.06. The molecule has 3 nitrogen and oxygen atoms in total. The van der Waals surface area contributed by atoms with E-state index in [1.54, 1.807) is 0 Å². The lowest BCUT2D eigenvalue weighted by Gasteiger charge is -2.12. The van der Waals surface area contributed by atoms with Gasteiger partial charge >= 0.3 is 12.1 Å². The van der Waals surface area contributed by atoms with Crippen LogP contribution in [0.2, 0.25) is 0 Å². The lowest BCUT2D eigenvalue weighted by molar-refractivity contribution is -0.169. The fourth-order valence-electron chi connectivity index (χ4n) is 1.17. The number of aliphatic carboxylic acids is 1. The third-order valence-electron chi connectivity index (χ3n) is 1.89. The second-order valence-corrected chi connectivity index (χ2v) is 2.77. The number of rotatable bonds is 1. The number of halogens is 3. The van der Waals surface area contributed by atoms with Crippen molar-refractivity contribution in [1.82, 2.24) is 5.32 Å². The fraction of sp³-hybridized carbons (Fsp3) is 0.833. The van der Waals surface area contributed by atoms with Gasteiger partial charge in [0, 0.05) is 6.54 Å². The van der Waals surface area contributed by atoms with Gasteiger partial charge in [-0.3, -0.25) is 4.79 Å². The van der Waals surface area contributed by atoms with Crippen molar-refractivity contribution < 1.29 is 23.1 Å². The zero-order valence-electron chi connectivity index (χ0n) is 6.06. The van der Waals surface area contributed by atoms with E-state index in [9.17, 15) is 18.0 Å². The summed E-state index contributed by atoms with van der Waals surface area (Å²) in [6.45, 7) is -0.291. The van der Waals surface area contributed by atoms with Crippen molar-refractivity contribution in [1.29, 1.82) is 0 Å². The quantitative estimate of drug-likeness (QED) is 0.626. The summed E-state index contributed by atoms with van der Waals surface area (Å²) in [6.07, 6.45) is -4.64. The molecule has 12 heavy (non-hydrogen) atoms. The molecule has 0 bridgehead atoms. The van der Waals surface area contributed by atoms with Gasteiger partial charge in [-0.05, 0) is 6.42 Å². The Morgan fingerprint density at radius 3 is 2.33 bits per heavy atom. The molecule has 0 aliphatic carbocycles. The predicted molar refractivity (Wildman–Crippen MR) is 33.6 cm³/mol. The van der Waals surface area contributed by atoms with Crippen LogP contribution in [0.4, 0.5) is 13.2 Å². The van der Waals surface area contributed by atoms with Gasteiger partial charge in [-0.2, -0.15) is 13.2 Å². The fourth-order valence-corrected chi connectivity index (χ4v) is 1.17. The van der Waals surface area contributed by atoms with Gasteiger partial charge in [0.15, 0.2) is 0 Å². The van der Waals surface area contributed by atoms with E-state index in [0.29, 0.717) is 0 Å². The van der Waals surface area contributed by atoms with E-state index in [2.05, 4.69) is 5.32 Å². The molecule has 2 atom stereocenters. The highest BCUT2D eigenvalue weighted by atomic mass is 19.4. The first-order valence-electron chi connectivity index (χ1n) is 3.44. The summed E-state index contributed by atoms with van der Waals surface area (Å²) in [5, 5.41) is 10.7. The molecule has 70 valence electrons. The first-order chi connectivity index (χ1) is 5.41. The van der Waals surface area contributed by atoms with Gasteiger partial charge in [-0.15, -0.1) is 0 Å². The van der Waals surface area contributed by atoms with Crippen LogP contribution in [-0.2, 0) is 4.79 Å². The molecule has 1 saturated heterocycles. The Balaban J connectivity index is 2.51. The van der Waals surface area contributed by atoms with Crippen LogP contribution in [0.5, 0.6) is 0 Å². The molecule has 1 heterocycles. The monoisotopic (exact) mass is 183 g/mol. The Kier molecular flexibility index (Phi) is 2.27. The SMILES string of the molecule is O=C(O)[C@H]1C[C@H](C(F)(F)F)CN1. The molecule has 1 aliphatic rings. The molecule has 0 unspecified atom stereocenters. The molecular weight excluding hydrogens is 175 g/mol. The second-order valence-electron chi connectivity index (χ2n) is 2.77. The summed E-state index contributed by atoms with van der Waals surface area (Å²) < 4.78 is 35.9. The molecule has 6 heteroatoms. The van der Waals surface area contributed by atoms with E-state index in [1.165, 1.54) is 0 Å². The lowest BCUT2D eigenvalue weighted by atomic mass is 10.1. The second kappa shape index (κ2) is 2.93. The lowest BCUT2D eigenvalue weighted by Crippen LogP contribution is -2.30. The van der Waals surface area contributed by atoms with Crippen molar-refractivity contribution in [2.45, 2.75) is 18.6 Å². The van der Waals surface area contributed by atoms with Crippen molar-refractivity contribution in [2.75, 3.05) is 6.54 Å². The minimum atomic E-state index is -4.28. The molecule has 2 N–H and O–H groups in total. The summed E-state index contributed by atoms with van der Waals surface area (Å²) in [5.74, 6) is -2.74. The van der Waals surface area contributed by atoms with Gasteiger partial charge in [0.1, 0.15) is 6.04 Å². The number of carbonyl (C=O) groups is 1. The van der Waals surface area contributed by atoms with Crippen molar-refractivity contribution in [3.63, 3.8) is 0 Å². The highest BCUT2D eigenvalue weighted by Crippen LogP contribution is 2.32. The number of carboxylic acids is 1. The third kappa shape index (κ3) is 1.88. The van der Waals surface area contributed by atoms with E-state index in [1.807, 2.05) is 0 Å². The maximum Gasteiger partial charge on any atom is 0.393 e. The molecule has 1 fully saturated rings. The van der Waals surface area contributed by atoms with Crippen LogP contribution in [0.15, 0.2) is 0 Å². The van der Waals surface area contributed by atoms with Crippen LogP contribution < -0.4 is 5.32 Å². The van der Waals surface area contributed by atoms with Crippen molar-refractivity contribution in [2.24, 2.45) is 5.92 Å². The normalized spacial score (nSPS) is 30.6. The average molecular weight is 183 g/mol. The maximum atomic E-state index is 12.0. The number of nitrogens with one attached hydrogen (secondary N) is 1. The Morgan fingerprint density at radius 2 is 2.08 bits per heavy atom. The minimum absolute atomic E-state index is 0.291. The molecule has 0 aromatic heterocycles. The van der Waals surface area contributed by atoms with Crippen LogP contribution in [-0.4, -0.2) is 29.8 Å². The van der Waals surface area contributed by atoms with Gasteiger partial charge in [-0.25, -0.2) is 0 Å². The molecule has 0 aromatic rings. The highest BCUT2D eigenvalue weighted by Gasteiger charge is 2.45. The summed E-state index contributed by atoms with van der Waals surface area (Å²) >= 11 is 0. The van der Waals surface area contributed by atoms with Gasteiger partial charge in [0.05, 0.1) is 5.92 Å². The number of hydrogen-bond acceptors (Lipinski definition) is 2. The Morgan fingerprint density at radius 1 is 1.50 bits per heavy atom. The van der Waals surface area contributed by atoms with Gasteiger partial charge < -0.3 is 10.4 Å². The minimum Gasteiger partial charge on any atom is -0.480 e. The molecule has 1 aliphatic heterocycles. The molecule has 0 saturated carbocycles. The maximum absolute atomic E-state index is 12.0. The van der Waals surface area contributed by atoms with Gasteiger partial charge in [0.2, 0.25) is 0 Å². The van der Waals surface area contributed by atoms with Gasteiger partial charge in [0.25, 0.3) is 0 Å². The van der Waals surface area contributed by atoms with E-state index < -0.39 is 24.1 Å². The largest absolute Gasteiger partial charge is 0.480 e. The van der Waals surface area contributed by atoms with E-state index in [4.69, 9.17) is 5.11 Å². The van der Waals surface area contributed by atoms with Crippen molar-refractivity contribution in [3.8, 4) is 0 Å². The molecule has 0 amide bonds. The Hall–Kier alpha value is -0.780.